The van der Waals surface area contributed by atoms with Crippen molar-refractivity contribution in [1.82, 2.24) is 9.13 Å². The standard InChI is InChI=1S/C16H18N4O4S/c1-4-18-14(21)13(15(22)19(5-2)16(18)25)10(3)17-11-6-8-12(9-7-11)20(23)24/h6-9,21H,4-5H2,1-3H3. The number of nitro groups is 1. The van der Waals surface area contributed by atoms with E-state index in [-0.39, 0.29) is 21.9 Å². The van der Waals surface area contributed by atoms with Gasteiger partial charge in [-0.1, -0.05) is 0 Å². The molecule has 9 heteroatoms. The van der Waals surface area contributed by atoms with Gasteiger partial charge in [-0.25, -0.2) is 0 Å². The van der Waals surface area contributed by atoms with Crippen LogP contribution >= 0.6 is 12.2 Å². The number of hydrogen-bond acceptors (Lipinski definition) is 6. The van der Waals surface area contributed by atoms with Gasteiger partial charge in [0.1, 0.15) is 5.56 Å². The van der Waals surface area contributed by atoms with Gasteiger partial charge in [-0.15, -0.1) is 0 Å². The number of aliphatic imine (C=N–C) groups is 1. The number of aromatic hydroxyl groups is 1. The number of aromatic nitrogens is 2. The minimum atomic E-state index is -0.501. The summed E-state index contributed by atoms with van der Waals surface area (Å²) in [5.74, 6) is -0.231. The zero-order chi connectivity index (χ0) is 18.7. The molecule has 1 heterocycles. The van der Waals surface area contributed by atoms with E-state index in [0.717, 1.165) is 0 Å². The van der Waals surface area contributed by atoms with Crippen LogP contribution in [0, 0.1) is 14.9 Å². The molecule has 1 N–H and O–H groups in total. The van der Waals surface area contributed by atoms with Gasteiger partial charge in [0.05, 0.1) is 16.3 Å². The highest BCUT2D eigenvalue weighted by Gasteiger charge is 2.18. The molecule has 0 bridgehead atoms. The Morgan fingerprint density at radius 3 is 2.28 bits per heavy atom. The second kappa shape index (κ2) is 7.39. The molecule has 1 aromatic carbocycles. The summed E-state index contributed by atoms with van der Waals surface area (Å²) in [6.07, 6.45) is 0. The maximum absolute atomic E-state index is 12.6. The maximum Gasteiger partial charge on any atom is 0.269 e. The fourth-order valence-electron chi connectivity index (χ4n) is 2.47. The fourth-order valence-corrected chi connectivity index (χ4v) is 2.90. The molecular weight excluding hydrogens is 344 g/mol. The molecule has 0 spiro atoms. The molecule has 0 aliphatic heterocycles. The van der Waals surface area contributed by atoms with Gasteiger partial charge in [-0.05, 0) is 45.1 Å². The Morgan fingerprint density at radius 2 is 1.80 bits per heavy atom. The van der Waals surface area contributed by atoms with Gasteiger partial charge in [0.2, 0.25) is 5.88 Å². The molecule has 2 aromatic rings. The highest BCUT2D eigenvalue weighted by atomic mass is 32.1. The van der Waals surface area contributed by atoms with E-state index in [0.29, 0.717) is 24.5 Å². The predicted octanol–water partition coefficient (Wildman–Crippen LogP) is 3.17. The van der Waals surface area contributed by atoms with Crippen LogP contribution in [0.3, 0.4) is 0 Å². The van der Waals surface area contributed by atoms with Crippen LogP contribution in [0.15, 0.2) is 34.1 Å². The first kappa shape index (κ1) is 18.5. The topological polar surface area (TPSA) is 103 Å². The second-order valence-electron chi connectivity index (χ2n) is 5.25. The van der Waals surface area contributed by atoms with E-state index in [1.54, 1.807) is 13.8 Å². The van der Waals surface area contributed by atoms with E-state index in [9.17, 15) is 20.0 Å². The molecule has 25 heavy (non-hydrogen) atoms. The SMILES string of the molecule is CCn1c(O)c(C(C)=Nc2ccc([N+](=O)[O-])cc2)c(=O)n(CC)c1=S. The van der Waals surface area contributed by atoms with Crippen LogP contribution in [0.25, 0.3) is 0 Å². The first-order valence-corrected chi connectivity index (χ1v) is 8.09. The van der Waals surface area contributed by atoms with Gasteiger partial charge >= 0.3 is 0 Å². The van der Waals surface area contributed by atoms with Gasteiger partial charge in [0.25, 0.3) is 11.2 Å². The third-order valence-corrected chi connectivity index (χ3v) is 4.19. The van der Waals surface area contributed by atoms with E-state index >= 15 is 0 Å². The Balaban J connectivity index is 2.62. The molecule has 0 amide bonds. The van der Waals surface area contributed by atoms with Crippen LogP contribution in [-0.2, 0) is 13.1 Å². The minimum Gasteiger partial charge on any atom is -0.494 e. The summed E-state index contributed by atoms with van der Waals surface area (Å²) in [4.78, 5) is 27.1. The monoisotopic (exact) mass is 362 g/mol. The van der Waals surface area contributed by atoms with Crippen molar-refractivity contribution in [3.8, 4) is 5.88 Å². The predicted molar refractivity (Wildman–Crippen MR) is 97.5 cm³/mol. The van der Waals surface area contributed by atoms with Gasteiger partial charge in [-0.3, -0.25) is 29.0 Å². The summed E-state index contributed by atoms with van der Waals surface area (Å²) >= 11 is 5.24. The zero-order valence-corrected chi connectivity index (χ0v) is 14.9. The highest BCUT2D eigenvalue weighted by molar-refractivity contribution is 7.71. The van der Waals surface area contributed by atoms with Crippen molar-refractivity contribution in [2.24, 2.45) is 4.99 Å². The van der Waals surface area contributed by atoms with Crippen LogP contribution in [0.1, 0.15) is 26.3 Å². The lowest BCUT2D eigenvalue weighted by atomic mass is 10.2. The smallest absolute Gasteiger partial charge is 0.269 e. The van der Waals surface area contributed by atoms with Crippen LogP contribution in [0.2, 0.25) is 0 Å². The summed E-state index contributed by atoms with van der Waals surface area (Å²) in [6, 6.07) is 5.61. The molecule has 0 aliphatic rings. The van der Waals surface area contributed by atoms with E-state index in [1.165, 1.54) is 33.4 Å². The van der Waals surface area contributed by atoms with E-state index < -0.39 is 10.5 Å². The van der Waals surface area contributed by atoms with Crippen molar-refractivity contribution in [2.45, 2.75) is 33.9 Å². The summed E-state index contributed by atoms with van der Waals surface area (Å²) in [6.45, 7) is 5.98. The average Bonchev–Trinajstić information content (AvgIpc) is 2.56. The average molecular weight is 362 g/mol. The first-order chi connectivity index (χ1) is 11.8. The Hall–Kier alpha value is -2.81. The largest absolute Gasteiger partial charge is 0.494 e. The Morgan fingerprint density at radius 1 is 1.24 bits per heavy atom. The lowest BCUT2D eigenvalue weighted by molar-refractivity contribution is -0.384. The van der Waals surface area contributed by atoms with Crippen molar-refractivity contribution < 1.29 is 10.0 Å². The lowest BCUT2D eigenvalue weighted by Crippen LogP contribution is -2.29. The molecule has 0 radical (unpaired) electrons. The van der Waals surface area contributed by atoms with E-state index in [4.69, 9.17) is 12.2 Å². The van der Waals surface area contributed by atoms with Gasteiger partial charge in [0.15, 0.2) is 4.77 Å². The molecule has 0 aliphatic carbocycles. The van der Waals surface area contributed by atoms with Crippen molar-refractivity contribution in [3.05, 3.63) is 55.1 Å². The van der Waals surface area contributed by atoms with E-state index in [2.05, 4.69) is 4.99 Å². The van der Waals surface area contributed by atoms with E-state index in [1.807, 2.05) is 6.92 Å². The number of hydrogen-bond donors (Lipinski definition) is 1. The van der Waals surface area contributed by atoms with Gasteiger partial charge < -0.3 is 5.11 Å². The van der Waals surface area contributed by atoms with Gasteiger partial charge in [0, 0.05) is 25.2 Å². The van der Waals surface area contributed by atoms with Crippen LogP contribution < -0.4 is 5.56 Å². The Kier molecular flexibility index (Phi) is 5.48. The third kappa shape index (κ3) is 3.50. The molecule has 1 aromatic heterocycles. The van der Waals surface area contributed by atoms with Crippen molar-refractivity contribution >= 4 is 29.3 Å². The van der Waals surface area contributed by atoms with Gasteiger partial charge in [-0.2, -0.15) is 0 Å². The molecule has 8 nitrogen and oxygen atoms in total. The number of nitro benzene ring substituents is 1. The molecular formula is C16H18N4O4S. The Labute approximate surface area is 148 Å². The normalized spacial score (nSPS) is 11.6. The van der Waals surface area contributed by atoms with Crippen molar-refractivity contribution in [1.29, 1.82) is 0 Å². The number of benzene rings is 1. The molecule has 0 atom stereocenters. The summed E-state index contributed by atoms with van der Waals surface area (Å²) in [7, 11) is 0. The van der Waals surface area contributed by atoms with Crippen molar-refractivity contribution in [3.63, 3.8) is 0 Å². The maximum atomic E-state index is 12.6. The molecule has 132 valence electrons. The highest BCUT2D eigenvalue weighted by Crippen LogP contribution is 2.21. The molecule has 2 rings (SSSR count). The first-order valence-electron chi connectivity index (χ1n) is 7.68. The molecule has 0 saturated carbocycles. The van der Waals surface area contributed by atoms with Crippen LogP contribution in [0.5, 0.6) is 5.88 Å². The Bertz CT molecular complexity index is 958. The summed E-state index contributed by atoms with van der Waals surface area (Å²) < 4.78 is 3.10. The van der Waals surface area contributed by atoms with Crippen LogP contribution in [-0.4, -0.2) is 24.9 Å². The zero-order valence-electron chi connectivity index (χ0n) is 14.1. The number of rotatable bonds is 5. The minimum absolute atomic E-state index is 0.0490. The summed E-state index contributed by atoms with van der Waals surface area (Å²) in [5.41, 5.74) is 0.340. The number of nitrogens with zero attached hydrogens (tertiary/aromatic N) is 4. The molecule has 0 unspecified atom stereocenters. The molecule has 0 saturated heterocycles. The second-order valence-corrected chi connectivity index (χ2v) is 5.61. The summed E-state index contributed by atoms with van der Waals surface area (Å²) in [5, 5.41) is 21.1. The third-order valence-electron chi connectivity index (χ3n) is 3.75. The molecule has 0 fully saturated rings. The fraction of sp³-hybridized carbons (Fsp3) is 0.312. The van der Waals surface area contributed by atoms with Crippen molar-refractivity contribution in [2.75, 3.05) is 0 Å². The lowest BCUT2D eigenvalue weighted by Gasteiger charge is -2.15. The van der Waals surface area contributed by atoms with Crippen LogP contribution in [0.4, 0.5) is 11.4 Å². The quantitative estimate of drug-likeness (QED) is 0.381. The number of non-ortho nitro benzene ring substituents is 1.